The summed E-state index contributed by atoms with van der Waals surface area (Å²) in [5.41, 5.74) is 8.72. The van der Waals surface area contributed by atoms with Crippen molar-refractivity contribution < 1.29 is 4.79 Å². The van der Waals surface area contributed by atoms with E-state index >= 15 is 0 Å². The van der Waals surface area contributed by atoms with Crippen molar-refractivity contribution in [2.75, 3.05) is 0 Å². The maximum atomic E-state index is 11.9. The number of benzene rings is 3. The first kappa shape index (κ1) is 18.9. The number of hydrogen-bond acceptors (Lipinski definition) is 2. The van der Waals surface area contributed by atoms with Crippen molar-refractivity contribution in [1.82, 2.24) is 5.32 Å². The molecule has 0 aliphatic carbocycles. The van der Waals surface area contributed by atoms with Gasteiger partial charge in [0, 0.05) is 0 Å². The standard InChI is InChI=1S/C24H26N2O/c1-19(23(25)27)26-24(22-15-9-4-10-16-22,17-20-11-5-2-6-12-20)18-21-13-7-3-8-14-21/h2-16,19,26H,17-18H2,1H3,(H2,25,27)/t19-/m0/s1. The fraction of sp³-hybridized carbons (Fsp3) is 0.208. The molecule has 1 amide bonds. The molecule has 0 aromatic heterocycles. The molecule has 0 saturated carbocycles. The normalized spacial score (nSPS) is 12.5. The topological polar surface area (TPSA) is 55.1 Å². The highest BCUT2D eigenvalue weighted by Gasteiger charge is 2.35. The van der Waals surface area contributed by atoms with Crippen molar-refractivity contribution in [2.24, 2.45) is 5.73 Å². The highest BCUT2D eigenvalue weighted by Crippen LogP contribution is 2.31. The van der Waals surface area contributed by atoms with E-state index in [9.17, 15) is 4.79 Å². The lowest BCUT2D eigenvalue weighted by atomic mass is 9.78. The Morgan fingerprint density at radius 2 is 1.22 bits per heavy atom. The molecule has 1 atom stereocenters. The fourth-order valence-corrected chi connectivity index (χ4v) is 3.58. The van der Waals surface area contributed by atoms with E-state index in [1.54, 1.807) is 0 Å². The molecule has 0 aliphatic rings. The maximum absolute atomic E-state index is 11.9. The molecule has 0 bridgehead atoms. The van der Waals surface area contributed by atoms with Crippen LogP contribution in [0, 0.1) is 0 Å². The Kier molecular flexibility index (Phi) is 6.05. The Bertz CT molecular complexity index is 806. The van der Waals surface area contributed by atoms with Crippen molar-refractivity contribution in [3.63, 3.8) is 0 Å². The van der Waals surface area contributed by atoms with Crippen LogP contribution in [-0.2, 0) is 23.2 Å². The van der Waals surface area contributed by atoms with Crippen molar-refractivity contribution in [1.29, 1.82) is 0 Å². The molecule has 0 aliphatic heterocycles. The molecule has 3 aromatic carbocycles. The molecule has 0 saturated heterocycles. The molecular formula is C24H26N2O. The average molecular weight is 358 g/mol. The third-order valence-corrected chi connectivity index (χ3v) is 4.94. The molecule has 0 spiro atoms. The molecule has 0 radical (unpaired) electrons. The number of nitrogens with one attached hydrogen (secondary N) is 1. The second-order valence-corrected chi connectivity index (χ2v) is 7.04. The molecule has 3 heteroatoms. The van der Waals surface area contributed by atoms with Gasteiger partial charge < -0.3 is 5.73 Å². The van der Waals surface area contributed by atoms with Crippen LogP contribution in [0.1, 0.15) is 23.6 Å². The predicted molar refractivity (Wildman–Crippen MR) is 110 cm³/mol. The first-order valence-electron chi connectivity index (χ1n) is 9.29. The summed E-state index contributed by atoms with van der Waals surface area (Å²) in [4.78, 5) is 11.9. The number of hydrogen-bond donors (Lipinski definition) is 2. The summed E-state index contributed by atoms with van der Waals surface area (Å²) in [6.45, 7) is 1.83. The minimum absolute atomic E-state index is 0.351. The van der Waals surface area contributed by atoms with E-state index in [-0.39, 0.29) is 5.91 Å². The van der Waals surface area contributed by atoms with E-state index in [4.69, 9.17) is 5.73 Å². The van der Waals surface area contributed by atoms with Crippen LogP contribution < -0.4 is 11.1 Å². The van der Waals surface area contributed by atoms with Crippen LogP contribution in [0.4, 0.5) is 0 Å². The lowest BCUT2D eigenvalue weighted by molar-refractivity contribution is -0.120. The summed E-state index contributed by atoms with van der Waals surface area (Å²) in [6.07, 6.45) is 1.51. The second kappa shape index (κ2) is 8.65. The fourth-order valence-electron chi connectivity index (χ4n) is 3.58. The number of primary amides is 1. The molecule has 138 valence electrons. The Labute approximate surface area is 161 Å². The van der Waals surface area contributed by atoms with Crippen molar-refractivity contribution in [3.8, 4) is 0 Å². The lowest BCUT2D eigenvalue weighted by Crippen LogP contribution is -2.54. The van der Waals surface area contributed by atoms with E-state index in [1.165, 1.54) is 11.1 Å². The third-order valence-electron chi connectivity index (χ3n) is 4.94. The largest absolute Gasteiger partial charge is 0.368 e. The molecule has 0 fully saturated rings. The van der Waals surface area contributed by atoms with E-state index in [1.807, 2.05) is 61.5 Å². The van der Waals surface area contributed by atoms with Gasteiger partial charge in [0.15, 0.2) is 0 Å². The Morgan fingerprint density at radius 1 is 0.815 bits per heavy atom. The number of carbonyl (C=O) groups excluding carboxylic acids is 1. The number of carbonyl (C=O) groups is 1. The zero-order valence-electron chi connectivity index (χ0n) is 15.6. The molecular weight excluding hydrogens is 332 g/mol. The second-order valence-electron chi connectivity index (χ2n) is 7.04. The van der Waals surface area contributed by atoms with Crippen LogP contribution in [0.5, 0.6) is 0 Å². The molecule has 3 rings (SSSR count). The highest BCUT2D eigenvalue weighted by molar-refractivity contribution is 5.79. The van der Waals surface area contributed by atoms with Crippen LogP contribution in [0.3, 0.4) is 0 Å². The highest BCUT2D eigenvalue weighted by atomic mass is 16.1. The van der Waals surface area contributed by atoms with Crippen LogP contribution in [-0.4, -0.2) is 11.9 Å². The van der Waals surface area contributed by atoms with Gasteiger partial charge in [0.05, 0.1) is 11.6 Å². The van der Waals surface area contributed by atoms with Crippen LogP contribution in [0.2, 0.25) is 0 Å². The smallest absolute Gasteiger partial charge is 0.234 e. The van der Waals surface area contributed by atoms with E-state index < -0.39 is 11.6 Å². The zero-order valence-corrected chi connectivity index (χ0v) is 15.6. The summed E-state index contributed by atoms with van der Waals surface area (Å²) in [7, 11) is 0. The van der Waals surface area contributed by atoms with Crippen LogP contribution in [0.25, 0.3) is 0 Å². The lowest BCUT2D eigenvalue weighted by Gasteiger charge is -2.38. The monoisotopic (exact) mass is 358 g/mol. The summed E-state index contributed by atoms with van der Waals surface area (Å²) in [5.74, 6) is -0.351. The van der Waals surface area contributed by atoms with Crippen molar-refractivity contribution in [2.45, 2.75) is 31.3 Å². The Hall–Kier alpha value is -2.91. The van der Waals surface area contributed by atoms with E-state index in [0.717, 1.165) is 18.4 Å². The van der Waals surface area contributed by atoms with E-state index in [0.29, 0.717) is 0 Å². The van der Waals surface area contributed by atoms with Gasteiger partial charge in [-0.15, -0.1) is 0 Å². The first-order chi connectivity index (χ1) is 13.1. The minimum atomic E-state index is -0.447. The van der Waals surface area contributed by atoms with Gasteiger partial charge >= 0.3 is 0 Å². The molecule has 0 unspecified atom stereocenters. The summed E-state index contributed by atoms with van der Waals surface area (Å²) in [5, 5.41) is 3.57. The van der Waals surface area contributed by atoms with Gasteiger partial charge in [-0.25, -0.2) is 0 Å². The maximum Gasteiger partial charge on any atom is 0.234 e. The van der Waals surface area contributed by atoms with Gasteiger partial charge in [0.25, 0.3) is 0 Å². The number of nitrogens with two attached hydrogens (primary N) is 1. The molecule has 3 nitrogen and oxygen atoms in total. The minimum Gasteiger partial charge on any atom is -0.368 e. The van der Waals surface area contributed by atoms with Crippen molar-refractivity contribution in [3.05, 3.63) is 108 Å². The van der Waals surface area contributed by atoms with Gasteiger partial charge in [-0.05, 0) is 36.5 Å². The average Bonchev–Trinajstić information content (AvgIpc) is 2.70. The van der Waals surface area contributed by atoms with Crippen molar-refractivity contribution >= 4 is 5.91 Å². The molecule has 0 heterocycles. The van der Waals surface area contributed by atoms with Gasteiger partial charge in [-0.1, -0.05) is 91.0 Å². The zero-order chi connectivity index (χ0) is 19.1. The van der Waals surface area contributed by atoms with Crippen LogP contribution in [0.15, 0.2) is 91.0 Å². The van der Waals surface area contributed by atoms with Crippen LogP contribution >= 0.6 is 0 Å². The summed E-state index contributed by atoms with van der Waals surface area (Å²) < 4.78 is 0. The number of amides is 1. The van der Waals surface area contributed by atoms with Gasteiger partial charge in [-0.2, -0.15) is 0 Å². The Morgan fingerprint density at radius 3 is 1.63 bits per heavy atom. The van der Waals surface area contributed by atoms with Gasteiger partial charge in [0.1, 0.15) is 0 Å². The van der Waals surface area contributed by atoms with Gasteiger partial charge in [-0.3, -0.25) is 10.1 Å². The molecule has 27 heavy (non-hydrogen) atoms. The summed E-state index contributed by atoms with van der Waals surface area (Å²) in [6, 6.07) is 30.6. The molecule has 3 aromatic rings. The predicted octanol–water partition coefficient (Wildman–Crippen LogP) is 3.83. The summed E-state index contributed by atoms with van der Waals surface area (Å²) >= 11 is 0. The number of rotatable bonds is 8. The van der Waals surface area contributed by atoms with Gasteiger partial charge in [0.2, 0.25) is 5.91 Å². The third kappa shape index (κ3) is 4.83. The first-order valence-corrected chi connectivity index (χ1v) is 9.29. The molecule has 3 N–H and O–H groups in total. The quantitative estimate of drug-likeness (QED) is 0.643. The Balaban J connectivity index is 2.08. The van der Waals surface area contributed by atoms with E-state index in [2.05, 4.69) is 41.7 Å². The SMILES string of the molecule is C[C@H](NC(Cc1ccccc1)(Cc1ccccc1)c1ccccc1)C(N)=O.